The fourth-order valence-electron chi connectivity index (χ4n) is 6.02. The van der Waals surface area contributed by atoms with E-state index in [1.54, 1.807) is 12.1 Å². The van der Waals surface area contributed by atoms with Gasteiger partial charge in [-0.1, -0.05) is 45.1 Å². The zero-order valence-corrected chi connectivity index (χ0v) is 18.6. The molecule has 3 aliphatic carbocycles. The van der Waals surface area contributed by atoms with E-state index in [1.165, 1.54) is 44.9 Å². The van der Waals surface area contributed by atoms with Crippen LogP contribution in [0.4, 0.5) is 8.78 Å². The minimum Gasteiger partial charge on any atom is -0.487 e. The van der Waals surface area contributed by atoms with Crippen molar-refractivity contribution in [3.8, 4) is 5.75 Å². The van der Waals surface area contributed by atoms with Gasteiger partial charge in [-0.15, -0.1) is 0 Å². The van der Waals surface area contributed by atoms with Crippen LogP contribution in [0.25, 0.3) is 5.57 Å². The first-order chi connectivity index (χ1) is 14.7. The lowest BCUT2D eigenvalue weighted by atomic mass is 9.70. The number of benzene rings is 1. The Morgan fingerprint density at radius 2 is 1.67 bits per heavy atom. The highest BCUT2D eigenvalue weighted by Gasteiger charge is 2.29. The maximum absolute atomic E-state index is 14.8. The first kappa shape index (κ1) is 21.8. The summed E-state index contributed by atoms with van der Waals surface area (Å²) >= 11 is 0. The number of rotatable bonds is 7. The number of hydrogen-bond donors (Lipinski definition) is 0. The summed E-state index contributed by atoms with van der Waals surface area (Å²) in [7, 11) is 0. The van der Waals surface area contributed by atoms with Gasteiger partial charge in [-0.05, 0) is 93.2 Å². The molecule has 1 aromatic carbocycles. The first-order valence-corrected chi connectivity index (χ1v) is 12.5. The molecule has 0 aromatic heterocycles. The number of halogens is 2. The Kier molecular flexibility index (Phi) is 7.49. The van der Waals surface area contributed by atoms with Gasteiger partial charge in [0.1, 0.15) is 0 Å². The van der Waals surface area contributed by atoms with Crippen molar-refractivity contribution in [1.29, 1.82) is 0 Å². The molecule has 1 atom stereocenters. The quantitative estimate of drug-likeness (QED) is 0.433. The number of hydrogen-bond acceptors (Lipinski definition) is 1. The van der Waals surface area contributed by atoms with Crippen molar-refractivity contribution in [2.24, 2.45) is 17.8 Å². The molecular formula is C27H38F2O. The molecule has 0 aliphatic heterocycles. The molecule has 3 heteroatoms. The van der Waals surface area contributed by atoms with Crippen molar-refractivity contribution in [2.75, 3.05) is 0 Å². The van der Waals surface area contributed by atoms with E-state index in [1.807, 2.05) is 0 Å². The van der Waals surface area contributed by atoms with Crippen LogP contribution in [-0.2, 0) is 0 Å². The monoisotopic (exact) mass is 416 g/mol. The van der Waals surface area contributed by atoms with E-state index in [2.05, 4.69) is 13.0 Å². The van der Waals surface area contributed by atoms with Crippen LogP contribution in [0.5, 0.6) is 5.75 Å². The molecule has 4 rings (SSSR count). The highest BCUT2D eigenvalue weighted by Crippen LogP contribution is 2.43. The van der Waals surface area contributed by atoms with Crippen molar-refractivity contribution < 1.29 is 13.5 Å². The first-order valence-electron chi connectivity index (χ1n) is 12.5. The molecule has 30 heavy (non-hydrogen) atoms. The molecule has 2 saturated carbocycles. The zero-order chi connectivity index (χ0) is 20.9. The Balaban J connectivity index is 1.34. The molecule has 0 heterocycles. The Morgan fingerprint density at radius 1 is 0.900 bits per heavy atom. The Labute approximate surface area is 181 Å². The standard InChI is InChI=1S/C27H38F2O/c1-2-3-6-19-9-11-20(12-10-19)21-13-15-22(16-14-21)24-17-18-25(27(29)26(24)28)30-23-7-4-5-8-23/h15,17-21,23H,2-14,16H2,1H3. The molecule has 0 saturated heterocycles. The highest BCUT2D eigenvalue weighted by molar-refractivity contribution is 5.67. The molecule has 3 aliphatic rings. The predicted molar refractivity (Wildman–Crippen MR) is 120 cm³/mol. The summed E-state index contributed by atoms with van der Waals surface area (Å²) in [5.74, 6) is 1.03. The Morgan fingerprint density at radius 3 is 2.33 bits per heavy atom. The van der Waals surface area contributed by atoms with Crippen molar-refractivity contribution in [1.82, 2.24) is 0 Å². The lowest BCUT2D eigenvalue weighted by Gasteiger charge is -2.35. The van der Waals surface area contributed by atoms with E-state index in [4.69, 9.17) is 4.74 Å². The van der Waals surface area contributed by atoms with Crippen LogP contribution in [0.1, 0.15) is 102 Å². The largest absolute Gasteiger partial charge is 0.487 e. The maximum Gasteiger partial charge on any atom is 0.201 e. The topological polar surface area (TPSA) is 9.23 Å². The van der Waals surface area contributed by atoms with Gasteiger partial charge in [0.15, 0.2) is 11.6 Å². The van der Waals surface area contributed by atoms with E-state index in [0.29, 0.717) is 5.56 Å². The van der Waals surface area contributed by atoms with Gasteiger partial charge < -0.3 is 4.74 Å². The Bertz CT molecular complexity index is 727. The van der Waals surface area contributed by atoms with Crippen LogP contribution in [0.2, 0.25) is 0 Å². The molecule has 0 radical (unpaired) electrons. The predicted octanol–water partition coefficient (Wildman–Crippen LogP) is 8.47. The fourth-order valence-corrected chi connectivity index (χ4v) is 6.02. The van der Waals surface area contributed by atoms with Crippen molar-refractivity contribution in [2.45, 2.75) is 103 Å². The van der Waals surface area contributed by atoms with E-state index in [-0.39, 0.29) is 11.9 Å². The molecule has 0 bridgehead atoms. The van der Waals surface area contributed by atoms with Crippen LogP contribution in [0.15, 0.2) is 18.2 Å². The average Bonchev–Trinajstić information content (AvgIpc) is 3.29. The summed E-state index contributed by atoms with van der Waals surface area (Å²) in [4.78, 5) is 0. The molecule has 1 unspecified atom stereocenters. The summed E-state index contributed by atoms with van der Waals surface area (Å²) in [6, 6.07) is 3.37. The van der Waals surface area contributed by atoms with Crippen LogP contribution >= 0.6 is 0 Å². The second kappa shape index (κ2) is 10.3. The van der Waals surface area contributed by atoms with E-state index >= 15 is 0 Å². The summed E-state index contributed by atoms with van der Waals surface area (Å²) in [6.45, 7) is 2.28. The molecule has 0 amide bonds. The minimum absolute atomic E-state index is 0.0384. The van der Waals surface area contributed by atoms with E-state index in [0.717, 1.165) is 68.3 Å². The van der Waals surface area contributed by atoms with Crippen LogP contribution in [0, 0.1) is 29.4 Å². The molecule has 1 nitrogen and oxygen atoms in total. The lowest BCUT2D eigenvalue weighted by Crippen LogP contribution is -2.23. The third-order valence-corrected chi connectivity index (χ3v) is 7.96. The van der Waals surface area contributed by atoms with Gasteiger partial charge in [0, 0.05) is 5.56 Å². The fraction of sp³-hybridized carbons (Fsp3) is 0.704. The summed E-state index contributed by atoms with van der Waals surface area (Å²) in [5.41, 5.74) is 1.42. The maximum atomic E-state index is 14.8. The third kappa shape index (κ3) is 5.08. The normalized spacial score (nSPS) is 27.8. The molecule has 0 spiro atoms. The van der Waals surface area contributed by atoms with Gasteiger partial charge >= 0.3 is 0 Å². The Hall–Kier alpha value is -1.38. The van der Waals surface area contributed by atoms with Gasteiger partial charge in [0.25, 0.3) is 0 Å². The van der Waals surface area contributed by atoms with Crippen molar-refractivity contribution in [3.05, 3.63) is 35.4 Å². The van der Waals surface area contributed by atoms with Crippen LogP contribution in [-0.4, -0.2) is 6.10 Å². The summed E-state index contributed by atoms with van der Waals surface area (Å²) in [6.07, 6.45) is 18.9. The molecule has 166 valence electrons. The molecular weight excluding hydrogens is 378 g/mol. The van der Waals surface area contributed by atoms with Crippen molar-refractivity contribution in [3.63, 3.8) is 0 Å². The van der Waals surface area contributed by atoms with E-state index < -0.39 is 11.6 Å². The number of unbranched alkanes of at least 4 members (excludes halogenated alkanes) is 1. The number of ether oxygens (including phenoxy) is 1. The zero-order valence-electron chi connectivity index (χ0n) is 18.6. The van der Waals surface area contributed by atoms with E-state index in [9.17, 15) is 8.78 Å². The highest BCUT2D eigenvalue weighted by atomic mass is 19.2. The van der Waals surface area contributed by atoms with Crippen LogP contribution < -0.4 is 4.74 Å². The second-order valence-corrected chi connectivity index (χ2v) is 9.95. The molecule has 1 aromatic rings. The van der Waals surface area contributed by atoms with Gasteiger partial charge in [0.2, 0.25) is 5.82 Å². The average molecular weight is 417 g/mol. The van der Waals surface area contributed by atoms with Gasteiger partial charge in [-0.2, -0.15) is 4.39 Å². The molecule has 0 N–H and O–H groups in total. The smallest absolute Gasteiger partial charge is 0.201 e. The van der Waals surface area contributed by atoms with Gasteiger partial charge in [0.05, 0.1) is 6.10 Å². The third-order valence-electron chi connectivity index (χ3n) is 7.96. The van der Waals surface area contributed by atoms with Gasteiger partial charge in [-0.3, -0.25) is 0 Å². The summed E-state index contributed by atoms with van der Waals surface area (Å²) < 4.78 is 35.2. The second-order valence-electron chi connectivity index (χ2n) is 9.95. The van der Waals surface area contributed by atoms with Gasteiger partial charge in [-0.25, -0.2) is 4.39 Å². The summed E-state index contributed by atoms with van der Waals surface area (Å²) in [5, 5.41) is 0. The minimum atomic E-state index is -0.812. The van der Waals surface area contributed by atoms with Crippen molar-refractivity contribution >= 4 is 5.57 Å². The molecule has 2 fully saturated rings. The number of allylic oxidation sites excluding steroid dienone is 2. The van der Waals surface area contributed by atoms with Crippen LogP contribution in [0.3, 0.4) is 0 Å². The SMILES string of the molecule is CCCCC1CCC(C2CC=C(c3ccc(OC4CCCC4)c(F)c3F)CC2)CC1. The lowest BCUT2D eigenvalue weighted by molar-refractivity contribution is 0.188.